The van der Waals surface area contributed by atoms with Gasteiger partial charge < -0.3 is 10.0 Å². The number of aliphatic carboxylic acids is 1. The number of carboxylic acids is 1. The number of rotatable bonds is 4. The van der Waals surface area contributed by atoms with Gasteiger partial charge in [-0.1, -0.05) is 0 Å². The quantitative estimate of drug-likeness (QED) is 0.740. The van der Waals surface area contributed by atoms with Crippen molar-refractivity contribution < 1.29 is 14.7 Å². The second kappa shape index (κ2) is 4.68. The molecular formula is C12H19NO3. The maximum atomic E-state index is 12.0. The Morgan fingerprint density at radius 1 is 1.25 bits per heavy atom. The van der Waals surface area contributed by atoms with E-state index in [1.807, 2.05) is 6.92 Å². The minimum atomic E-state index is -1.03. The van der Waals surface area contributed by atoms with E-state index in [1.165, 1.54) is 19.8 Å². The van der Waals surface area contributed by atoms with Crippen molar-refractivity contribution in [2.75, 3.05) is 7.05 Å². The van der Waals surface area contributed by atoms with Gasteiger partial charge in [-0.25, -0.2) is 4.79 Å². The Hall–Kier alpha value is -1.32. The van der Waals surface area contributed by atoms with E-state index in [1.54, 1.807) is 18.9 Å². The number of carbonyl (C=O) groups is 2. The summed E-state index contributed by atoms with van der Waals surface area (Å²) in [7, 11) is 1.74. The van der Waals surface area contributed by atoms with Crippen LogP contribution in [0.15, 0.2) is 11.1 Å². The van der Waals surface area contributed by atoms with Crippen LogP contribution in [-0.4, -0.2) is 35.0 Å². The van der Waals surface area contributed by atoms with E-state index in [2.05, 4.69) is 0 Å². The Balaban J connectivity index is 2.76. The first-order chi connectivity index (χ1) is 7.36. The molecule has 0 radical (unpaired) electrons. The zero-order valence-corrected chi connectivity index (χ0v) is 10.3. The summed E-state index contributed by atoms with van der Waals surface area (Å²) in [6, 6.07) is 0.198. The van der Waals surface area contributed by atoms with E-state index in [-0.39, 0.29) is 17.5 Å². The van der Waals surface area contributed by atoms with Gasteiger partial charge in [-0.2, -0.15) is 0 Å². The molecule has 4 nitrogen and oxygen atoms in total. The molecule has 0 saturated heterocycles. The average molecular weight is 225 g/mol. The third-order valence-corrected chi connectivity index (χ3v) is 3.44. The summed E-state index contributed by atoms with van der Waals surface area (Å²) >= 11 is 0. The summed E-state index contributed by atoms with van der Waals surface area (Å²) in [4.78, 5) is 24.4. The van der Waals surface area contributed by atoms with Crippen LogP contribution in [0, 0.1) is 5.92 Å². The Morgan fingerprint density at radius 2 is 1.75 bits per heavy atom. The van der Waals surface area contributed by atoms with Crippen molar-refractivity contribution in [2.24, 2.45) is 5.92 Å². The summed E-state index contributed by atoms with van der Waals surface area (Å²) in [6.45, 7) is 5.05. The highest BCUT2D eigenvalue weighted by atomic mass is 16.4. The van der Waals surface area contributed by atoms with Crippen LogP contribution in [0.1, 0.15) is 33.6 Å². The van der Waals surface area contributed by atoms with Crippen molar-refractivity contribution >= 4 is 11.9 Å². The fourth-order valence-electron chi connectivity index (χ4n) is 1.67. The Bertz CT molecular complexity index is 342. The van der Waals surface area contributed by atoms with Crippen molar-refractivity contribution in [3.8, 4) is 0 Å². The molecule has 0 aromatic heterocycles. The van der Waals surface area contributed by atoms with Gasteiger partial charge >= 0.3 is 5.97 Å². The molecule has 4 heteroatoms. The molecule has 1 saturated carbocycles. The van der Waals surface area contributed by atoms with Gasteiger partial charge in [0.2, 0.25) is 5.91 Å². The molecule has 0 spiro atoms. The van der Waals surface area contributed by atoms with E-state index in [9.17, 15) is 9.59 Å². The van der Waals surface area contributed by atoms with E-state index in [0.717, 1.165) is 0 Å². The third-order valence-electron chi connectivity index (χ3n) is 3.44. The maximum absolute atomic E-state index is 12.0. The normalized spacial score (nSPS) is 18.8. The third kappa shape index (κ3) is 2.62. The van der Waals surface area contributed by atoms with E-state index in [0.29, 0.717) is 11.5 Å². The topological polar surface area (TPSA) is 57.6 Å². The van der Waals surface area contributed by atoms with Crippen LogP contribution in [0.25, 0.3) is 0 Å². The molecule has 1 aliphatic rings. The van der Waals surface area contributed by atoms with Crippen LogP contribution >= 0.6 is 0 Å². The lowest BCUT2D eigenvalue weighted by atomic mass is 10.1. The van der Waals surface area contributed by atoms with Gasteiger partial charge in [-0.05, 0) is 39.5 Å². The molecule has 0 aliphatic heterocycles. The van der Waals surface area contributed by atoms with Gasteiger partial charge in [-0.3, -0.25) is 4.79 Å². The van der Waals surface area contributed by atoms with E-state index >= 15 is 0 Å². The summed E-state index contributed by atoms with van der Waals surface area (Å²) in [6.07, 6.45) is 2.33. The Kier molecular flexibility index (Phi) is 3.73. The second-order valence-corrected chi connectivity index (χ2v) is 4.55. The molecule has 16 heavy (non-hydrogen) atoms. The lowest BCUT2D eigenvalue weighted by Gasteiger charge is -2.25. The number of carbonyl (C=O) groups excluding carboxylic acids is 1. The van der Waals surface area contributed by atoms with Gasteiger partial charge in [0, 0.05) is 24.2 Å². The largest absolute Gasteiger partial charge is 0.478 e. The van der Waals surface area contributed by atoms with Crippen LogP contribution in [-0.2, 0) is 9.59 Å². The van der Waals surface area contributed by atoms with E-state index in [4.69, 9.17) is 5.11 Å². The number of amides is 1. The van der Waals surface area contributed by atoms with Crippen molar-refractivity contribution in [1.82, 2.24) is 4.90 Å². The van der Waals surface area contributed by atoms with Crippen molar-refractivity contribution in [1.29, 1.82) is 0 Å². The summed E-state index contributed by atoms with van der Waals surface area (Å²) < 4.78 is 0. The number of hydrogen-bond donors (Lipinski definition) is 1. The van der Waals surface area contributed by atoms with Crippen molar-refractivity contribution in [3.05, 3.63) is 11.1 Å². The fraction of sp³-hybridized carbons (Fsp3) is 0.667. The first-order valence-electron chi connectivity index (χ1n) is 5.54. The number of nitrogens with zero attached hydrogens (tertiary/aromatic N) is 1. The van der Waals surface area contributed by atoms with Gasteiger partial charge in [0.25, 0.3) is 0 Å². The molecule has 0 aromatic carbocycles. The maximum Gasteiger partial charge on any atom is 0.331 e. The molecule has 1 amide bonds. The SMILES string of the molecule is CC(C(=O)O)=C(C)C(=O)N(C)C(C)C1CC1. The van der Waals surface area contributed by atoms with Gasteiger partial charge in [-0.15, -0.1) is 0 Å². The summed E-state index contributed by atoms with van der Waals surface area (Å²) in [5.74, 6) is -0.621. The Morgan fingerprint density at radius 3 is 2.12 bits per heavy atom. The molecule has 1 unspecified atom stereocenters. The predicted octanol–water partition coefficient (Wildman–Crippen LogP) is 1.66. The predicted molar refractivity (Wildman–Crippen MR) is 61.0 cm³/mol. The van der Waals surface area contributed by atoms with Crippen molar-refractivity contribution in [2.45, 2.75) is 39.7 Å². The van der Waals surface area contributed by atoms with Gasteiger partial charge in [0.1, 0.15) is 0 Å². The zero-order chi connectivity index (χ0) is 12.5. The minimum absolute atomic E-state index is 0.125. The molecule has 0 bridgehead atoms. The number of likely N-dealkylation sites (N-methyl/N-ethyl adjacent to an activating group) is 1. The highest BCUT2D eigenvalue weighted by Crippen LogP contribution is 2.35. The molecule has 0 aromatic rings. The molecule has 0 heterocycles. The fourth-order valence-corrected chi connectivity index (χ4v) is 1.67. The molecule has 1 rings (SSSR count). The van der Waals surface area contributed by atoms with Crippen LogP contribution in [0.5, 0.6) is 0 Å². The highest BCUT2D eigenvalue weighted by molar-refractivity contribution is 6.01. The van der Waals surface area contributed by atoms with Crippen LogP contribution < -0.4 is 0 Å². The monoisotopic (exact) mass is 225 g/mol. The molecule has 90 valence electrons. The molecule has 1 atom stereocenters. The molecule has 1 aliphatic carbocycles. The number of hydrogen-bond acceptors (Lipinski definition) is 2. The van der Waals surface area contributed by atoms with Gasteiger partial charge in [0.15, 0.2) is 0 Å². The first-order valence-corrected chi connectivity index (χ1v) is 5.54. The molecule has 1 N–H and O–H groups in total. The lowest BCUT2D eigenvalue weighted by molar-refractivity contribution is -0.134. The van der Waals surface area contributed by atoms with Gasteiger partial charge in [0.05, 0.1) is 0 Å². The Labute approximate surface area is 95.9 Å². The smallest absolute Gasteiger partial charge is 0.331 e. The van der Waals surface area contributed by atoms with Crippen LogP contribution in [0.4, 0.5) is 0 Å². The standard InChI is InChI=1S/C12H19NO3/c1-7(8(2)12(15)16)11(14)13(4)9(3)10-5-6-10/h9-10H,5-6H2,1-4H3,(H,15,16). The lowest BCUT2D eigenvalue weighted by Crippen LogP contribution is -2.37. The van der Waals surface area contributed by atoms with Crippen LogP contribution in [0.2, 0.25) is 0 Å². The highest BCUT2D eigenvalue weighted by Gasteiger charge is 2.33. The summed E-state index contributed by atoms with van der Waals surface area (Å²) in [5, 5.41) is 8.81. The first kappa shape index (κ1) is 12.7. The van der Waals surface area contributed by atoms with Crippen LogP contribution in [0.3, 0.4) is 0 Å². The van der Waals surface area contributed by atoms with Crippen molar-refractivity contribution in [3.63, 3.8) is 0 Å². The minimum Gasteiger partial charge on any atom is -0.478 e. The average Bonchev–Trinajstić information content (AvgIpc) is 3.07. The number of carboxylic acid groups (broad SMARTS) is 1. The summed E-state index contributed by atoms with van der Waals surface area (Å²) in [5.41, 5.74) is 0.447. The van der Waals surface area contributed by atoms with E-state index < -0.39 is 5.97 Å². The molecule has 1 fully saturated rings. The molecular weight excluding hydrogens is 206 g/mol. The zero-order valence-electron chi connectivity index (χ0n) is 10.3. The second-order valence-electron chi connectivity index (χ2n) is 4.55.